The molecule has 1 nitrogen and oxygen atoms in total. The van der Waals surface area contributed by atoms with Gasteiger partial charge in [0, 0.05) is 5.56 Å². The van der Waals surface area contributed by atoms with Crippen molar-refractivity contribution in [1.82, 2.24) is 0 Å². The highest BCUT2D eigenvalue weighted by Gasteiger charge is 2.29. The molecule has 1 aromatic carbocycles. The van der Waals surface area contributed by atoms with E-state index in [1.165, 1.54) is 32.1 Å². The van der Waals surface area contributed by atoms with Crippen molar-refractivity contribution in [2.75, 3.05) is 6.61 Å². The Balaban J connectivity index is 1.55. The number of rotatable bonds is 10. The molecule has 166 valence electrons. The number of allylic oxidation sites excluding steroid dienone is 3. The fraction of sp³-hybridized carbons (Fsp3) is 0.630. The average molecular weight is 417 g/mol. The number of halogens is 2. The van der Waals surface area contributed by atoms with E-state index in [4.69, 9.17) is 4.74 Å². The molecule has 0 radical (unpaired) electrons. The zero-order chi connectivity index (χ0) is 21.3. The number of benzene rings is 1. The molecular weight excluding hydrogens is 378 g/mol. The monoisotopic (exact) mass is 416 g/mol. The fourth-order valence-corrected chi connectivity index (χ4v) is 5.25. The van der Waals surface area contributed by atoms with Gasteiger partial charge in [-0.1, -0.05) is 44.8 Å². The van der Waals surface area contributed by atoms with Crippen LogP contribution in [-0.4, -0.2) is 6.61 Å². The van der Waals surface area contributed by atoms with Crippen LogP contribution in [0.15, 0.2) is 30.9 Å². The predicted octanol–water partition coefficient (Wildman–Crippen LogP) is 8.49. The van der Waals surface area contributed by atoms with Crippen LogP contribution in [0.3, 0.4) is 0 Å². The van der Waals surface area contributed by atoms with Gasteiger partial charge in [-0.05, 0) is 86.8 Å². The minimum absolute atomic E-state index is 0.0369. The Morgan fingerprint density at radius 1 is 1.03 bits per heavy atom. The number of unbranched alkanes of at least 4 members (excludes halogenated alkanes) is 2. The Hall–Kier alpha value is -1.64. The third kappa shape index (κ3) is 5.95. The molecule has 0 bridgehead atoms. The maximum Gasteiger partial charge on any atom is 0.201 e. The van der Waals surface area contributed by atoms with Crippen molar-refractivity contribution < 1.29 is 13.5 Å². The van der Waals surface area contributed by atoms with Gasteiger partial charge in [0.15, 0.2) is 11.6 Å². The van der Waals surface area contributed by atoms with Crippen molar-refractivity contribution >= 4 is 5.57 Å². The third-order valence-corrected chi connectivity index (χ3v) is 7.19. The van der Waals surface area contributed by atoms with Gasteiger partial charge in [-0.15, -0.1) is 6.58 Å². The molecule has 3 rings (SSSR count). The Morgan fingerprint density at radius 2 is 1.83 bits per heavy atom. The van der Waals surface area contributed by atoms with Crippen molar-refractivity contribution in [2.45, 2.75) is 84.0 Å². The van der Waals surface area contributed by atoms with Crippen molar-refractivity contribution in [1.29, 1.82) is 0 Å². The molecule has 0 spiro atoms. The molecule has 0 heterocycles. The molecule has 1 aromatic rings. The molecule has 0 aromatic heterocycles. The molecule has 30 heavy (non-hydrogen) atoms. The zero-order valence-electron chi connectivity index (χ0n) is 18.6. The van der Waals surface area contributed by atoms with Gasteiger partial charge in [0.25, 0.3) is 0 Å². The van der Waals surface area contributed by atoms with Crippen LogP contribution in [0.2, 0.25) is 0 Å². The minimum Gasteiger partial charge on any atom is -0.490 e. The summed E-state index contributed by atoms with van der Waals surface area (Å²) in [5, 5.41) is 0. The lowest BCUT2D eigenvalue weighted by molar-refractivity contribution is 0.190. The van der Waals surface area contributed by atoms with Crippen LogP contribution >= 0.6 is 0 Å². The zero-order valence-corrected chi connectivity index (χ0v) is 18.6. The van der Waals surface area contributed by atoms with Crippen LogP contribution in [0.4, 0.5) is 8.78 Å². The highest BCUT2D eigenvalue weighted by atomic mass is 19.2. The van der Waals surface area contributed by atoms with E-state index < -0.39 is 11.6 Å². The highest BCUT2D eigenvalue weighted by molar-refractivity contribution is 5.67. The van der Waals surface area contributed by atoms with E-state index in [0.29, 0.717) is 18.1 Å². The number of hydrogen-bond donors (Lipinski definition) is 0. The number of hydrogen-bond acceptors (Lipinski definition) is 1. The van der Waals surface area contributed by atoms with Crippen LogP contribution in [0, 0.1) is 29.4 Å². The normalized spacial score (nSPS) is 24.4. The van der Waals surface area contributed by atoms with Crippen LogP contribution in [0.5, 0.6) is 5.75 Å². The molecule has 0 amide bonds. The SMILES string of the molecule is C=CCCC1CCC(C2CC=C(c3ccc(OCCCCC)c(F)c3F)CC2)CC1. The second kappa shape index (κ2) is 11.7. The first-order valence-corrected chi connectivity index (χ1v) is 12.0. The van der Waals surface area contributed by atoms with Crippen molar-refractivity contribution in [2.24, 2.45) is 17.8 Å². The quantitative estimate of drug-likeness (QED) is 0.274. The summed E-state index contributed by atoms with van der Waals surface area (Å²) in [4.78, 5) is 0. The van der Waals surface area contributed by atoms with E-state index in [2.05, 4.69) is 19.6 Å². The standard InChI is InChI=1S/C27H38F2O/c1-3-5-7-19-30-25-18-17-24(26(28)27(25)29)23-15-13-22(14-16-23)21-11-9-20(10-12-21)8-6-4-2/h4,15,17-18,20-22H,2-3,5-14,16,19H2,1H3. The van der Waals surface area contributed by atoms with Gasteiger partial charge >= 0.3 is 0 Å². The maximum atomic E-state index is 14.7. The first-order chi connectivity index (χ1) is 14.6. The van der Waals surface area contributed by atoms with Gasteiger partial charge in [0.2, 0.25) is 5.82 Å². The van der Waals surface area contributed by atoms with Crippen LogP contribution in [0.1, 0.15) is 89.5 Å². The molecule has 0 aliphatic heterocycles. The summed E-state index contributed by atoms with van der Waals surface area (Å²) in [6.45, 7) is 6.38. The molecule has 2 aliphatic carbocycles. The molecule has 1 atom stereocenters. The van der Waals surface area contributed by atoms with Gasteiger partial charge in [0.1, 0.15) is 0 Å². The maximum absolute atomic E-state index is 14.7. The van der Waals surface area contributed by atoms with Crippen molar-refractivity contribution in [3.05, 3.63) is 48.1 Å². The van der Waals surface area contributed by atoms with Crippen molar-refractivity contribution in [3.63, 3.8) is 0 Å². The van der Waals surface area contributed by atoms with Gasteiger partial charge < -0.3 is 4.74 Å². The largest absolute Gasteiger partial charge is 0.490 e. The molecule has 1 saturated carbocycles. The highest BCUT2D eigenvalue weighted by Crippen LogP contribution is 2.42. The van der Waals surface area contributed by atoms with Crippen molar-refractivity contribution in [3.8, 4) is 5.75 Å². The lowest BCUT2D eigenvalue weighted by Gasteiger charge is -2.35. The van der Waals surface area contributed by atoms with Crippen LogP contribution < -0.4 is 4.74 Å². The second-order valence-electron chi connectivity index (χ2n) is 9.21. The Morgan fingerprint density at radius 3 is 2.50 bits per heavy atom. The van der Waals surface area contributed by atoms with Gasteiger partial charge in [-0.3, -0.25) is 0 Å². The van der Waals surface area contributed by atoms with E-state index in [1.807, 2.05) is 6.08 Å². The number of ether oxygens (including phenoxy) is 1. The third-order valence-electron chi connectivity index (χ3n) is 7.19. The summed E-state index contributed by atoms with van der Waals surface area (Å²) in [6, 6.07) is 3.29. The van der Waals surface area contributed by atoms with Gasteiger partial charge in [-0.2, -0.15) is 4.39 Å². The van der Waals surface area contributed by atoms with Gasteiger partial charge in [-0.25, -0.2) is 4.39 Å². The molecule has 3 heteroatoms. The molecular formula is C27H38F2O. The van der Waals surface area contributed by atoms with Crippen LogP contribution in [-0.2, 0) is 0 Å². The summed E-state index contributed by atoms with van der Waals surface area (Å²) < 4.78 is 34.7. The summed E-state index contributed by atoms with van der Waals surface area (Å²) in [5.74, 6) is 0.801. The molecule has 0 saturated heterocycles. The molecule has 1 fully saturated rings. The summed E-state index contributed by atoms with van der Waals surface area (Å²) in [6.07, 6.45) is 17.8. The average Bonchev–Trinajstić information content (AvgIpc) is 2.78. The predicted molar refractivity (Wildman–Crippen MR) is 122 cm³/mol. The Labute approximate surface area is 181 Å². The summed E-state index contributed by atoms with van der Waals surface area (Å²) in [5.41, 5.74) is 1.37. The molecule has 0 N–H and O–H groups in total. The summed E-state index contributed by atoms with van der Waals surface area (Å²) in [7, 11) is 0. The Kier molecular flexibility index (Phi) is 8.96. The summed E-state index contributed by atoms with van der Waals surface area (Å²) >= 11 is 0. The lowest BCUT2D eigenvalue weighted by Crippen LogP contribution is -2.23. The fourth-order valence-electron chi connectivity index (χ4n) is 5.25. The lowest BCUT2D eigenvalue weighted by atomic mass is 9.70. The first-order valence-electron chi connectivity index (χ1n) is 12.0. The van der Waals surface area contributed by atoms with Gasteiger partial charge in [0.05, 0.1) is 6.61 Å². The van der Waals surface area contributed by atoms with E-state index in [0.717, 1.165) is 62.4 Å². The first kappa shape index (κ1) is 23.0. The Bertz CT molecular complexity index is 716. The van der Waals surface area contributed by atoms with Crippen LogP contribution in [0.25, 0.3) is 5.57 Å². The smallest absolute Gasteiger partial charge is 0.201 e. The molecule has 2 aliphatic rings. The topological polar surface area (TPSA) is 9.23 Å². The van der Waals surface area contributed by atoms with E-state index >= 15 is 0 Å². The minimum atomic E-state index is -0.843. The van der Waals surface area contributed by atoms with E-state index in [-0.39, 0.29) is 5.75 Å². The van der Waals surface area contributed by atoms with E-state index in [9.17, 15) is 8.78 Å². The van der Waals surface area contributed by atoms with E-state index in [1.54, 1.807) is 12.1 Å². The second-order valence-corrected chi connectivity index (χ2v) is 9.21. The molecule has 1 unspecified atom stereocenters.